The minimum atomic E-state index is -0.224. The van der Waals surface area contributed by atoms with Crippen LogP contribution in [0.3, 0.4) is 0 Å². The molecule has 3 nitrogen and oxygen atoms in total. The molecule has 0 bridgehead atoms. The molecule has 0 saturated heterocycles. The van der Waals surface area contributed by atoms with E-state index in [1.165, 1.54) is 12.8 Å². The quantitative estimate of drug-likeness (QED) is 0.686. The predicted molar refractivity (Wildman–Crippen MR) is 70.2 cm³/mol. The van der Waals surface area contributed by atoms with Crippen molar-refractivity contribution in [3.05, 3.63) is 0 Å². The summed E-state index contributed by atoms with van der Waals surface area (Å²) in [5.41, 5.74) is -0.224. The highest BCUT2D eigenvalue weighted by atomic mass is 16.5. The summed E-state index contributed by atoms with van der Waals surface area (Å²) in [6, 6.07) is 0. The molecule has 1 aliphatic carbocycles. The van der Waals surface area contributed by atoms with E-state index in [2.05, 4.69) is 18.7 Å². The van der Waals surface area contributed by atoms with Crippen LogP contribution >= 0.6 is 0 Å². The molecule has 1 aliphatic rings. The van der Waals surface area contributed by atoms with Gasteiger partial charge < -0.3 is 4.74 Å². The van der Waals surface area contributed by atoms with Crippen LogP contribution in [0.15, 0.2) is 0 Å². The van der Waals surface area contributed by atoms with Crippen molar-refractivity contribution in [2.45, 2.75) is 65.0 Å². The summed E-state index contributed by atoms with van der Waals surface area (Å²) < 4.78 is 5.50. The van der Waals surface area contributed by atoms with Crippen molar-refractivity contribution in [1.82, 2.24) is 4.90 Å². The van der Waals surface area contributed by atoms with Crippen LogP contribution in [0.25, 0.3) is 0 Å². The van der Waals surface area contributed by atoms with Gasteiger partial charge in [0.15, 0.2) is 5.78 Å². The Morgan fingerprint density at radius 1 is 1.24 bits per heavy atom. The molecule has 0 aromatic heterocycles. The van der Waals surface area contributed by atoms with Crippen molar-refractivity contribution in [2.75, 3.05) is 19.7 Å². The monoisotopic (exact) mass is 241 g/mol. The van der Waals surface area contributed by atoms with Crippen molar-refractivity contribution in [2.24, 2.45) is 0 Å². The Morgan fingerprint density at radius 3 is 2.18 bits per heavy atom. The van der Waals surface area contributed by atoms with E-state index in [0.29, 0.717) is 0 Å². The van der Waals surface area contributed by atoms with Crippen LogP contribution in [0.4, 0.5) is 0 Å². The van der Waals surface area contributed by atoms with Crippen LogP contribution in [-0.4, -0.2) is 42.0 Å². The topological polar surface area (TPSA) is 29.5 Å². The van der Waals surface area contributed by atoms with Crippen LogP contribution in [0.1, 0.15) is 53.4 Å². The van der Waals surface area contributed by atoms with Crippen LogP contribution in [0.5, 0.6) is 0 Å². The summed E-state index contributed by atoms with van der Waals surface area (Å²) in [5.74, 6) is 0.285. The highest BCUT2D eigenvalue weighted by molar-refractivity contribution is 5.89. The molecule has 0 unspecified atom stereocenters. The van der Waals surface area contributed by atoms with Crippen molar-refractivity contribution in [3.8, 4) is 0 Å². The molecule has 0 N–H and O–H groups in total. The molecule has 0 heterocycles. The van der Waals surface area contributed by atoms with Gasteiger partial charge in [0.2, 0.25) is 0 Å². The third kappa shape index (κ3) is 3.29. The van der Waals surface area contributed by atoms with Gasteiger partial charge in [0.25, 0.3) is 0 Å². The molecule has 3 heteroatoms. The lowest BCUT2D eigenvalue weighted by Crippen LogP contribution is -2.54. The van der Waals surface area contributed by atoms with Gasteiger partial charge in [-0.25, -0.2) is 0 Å². The molecule has 0 aromatic rings. The standard InChI is InChI=1S/C14H27NO2/c1-5-15(6-2)14(9-7-8-10-14)13(16)11-17-12(3)4/h12H,5-11H2,1-4H3. The number of likely N-dealkylation sites (N-methyl/N-ethyl adjacent to an activating group) is 1. The molecular weight excluding hydrogens is 214 g/mol. The van der Waals surface area contributed by atoms with Crippen LogP contribution in [-0.2, 0) is 9.53 Å². The zero-order chi connectivity index (χ0) is 12.9. The fourth-order valence-corrected chi connectivity index (χ4v) is 2.94. The van der Waals surface area contributed by atoms with E-state index in [4.69, 9.17) is 4.74 Å². The fourth-order valence-electron chi connectivity index (χ4n) is 2.94. The van der Waals surface area contributed by atoms with Crippen molar-refractivity contribution in [3.63, 3.8) is 0 Å². The molecule has 1 rings (SSSR count). The first-order chi connectivity index (χ1) is 8.06. The van der Waals surface area contributed by atoms with E-state index in [1.54, 1.807) is 0 Å². The third-order valence-corrected chi connectivity index (χ3v) is 3.87. The second-order valence-electron chi connectivity index (χ2n) is 5.19. The first-order valence-corrected chi connectivity index (χ1v) is 6.96. The zero-order valence-electron chi connectivity index (χ0n) is 11.8. The molecule has 0 aliphatic heterocycles. The Morgan fingerprint density at radius 2 is 1.76 bits per heavy atom. The zero-order valence-corrected chi connectivity index (χ0v) is 11.8. The normalized spacial score (nSPS) is 19.2. The maximum atomic E-state index is 12.5. The lowest BCUT2D eigenvalue weighted by atomic mass is 9.89. The van der Waals surface area contributed by atoms with Crippen LogP contribution in [0.2, 0.25) is 0 Å². The minimum absolute atomic E-state index is 0.133. The fraction of sp³-hybridized carbons (Fsp3) is 0.929. The van der Waals surface area contributed by atoms with Gasteiger partial charge in [-0.2, -0.15) is 0 Å². The largest absolute Gasteiger partial charge is 0.371 e. The second-order valence-corrected chi connectivity index (χ2v) is 5.19. The van der Waals surface area contributed by atoms with Gasteiger partial charge >= 0.3 is 0 Å². The van der Waals surface area contributed by atoms with Gasteiger partial charge in [0.05, 0.1) is 11.6 Å². The van der Waals surface area contributed by atoms with Crippen molar-refractivity contribution in [1.29, 1.82) is 0 Å². The molecular formula is C14H27NO2. The molecule has 1 saturated carbocycles. The van der Waals surface area contributed by atoms with E-state index in [0.717, 1.165) is 25.9 Å². The molecule has 0 aromatic carbocycles. The number of nitrogens with zero attached hydrogens (tertiary/aromatic N) is 1. The Hall–Kier alpha value is -0.410. The molecule has 0 atom stereocenters. The summed E-state index contributed by atoms with van der Waals surface area (Å²) in [4.78, 5) is 14.8. The number of hydrogen-bond acceptors (Lipinski definition) is 3. The van der Waals surface area contributed by atoms with Gasteiger partial charge in [0.1, 0.15) is 6.61 Å². The minimum Gasteiger partial charge on any atom is -0.371 e. The number of hydrogen-bond donors (Lipinski definition) is 0. The summed E-state index contributed by atoms with van der Waals surface area (Å²) in [7, 11) is 0. The predicted octanol–water partition coefficient (Wildman–Crippen LogP) is 2.64. The first-order valence-electron chi connectivity index (χ1n) is 6.96. The maximum absolute atomic E-state index is 12.5. The average Bonchev–Trinajstić information content (AvgIpc) is 2.78. The number of carbonyl (C=O) groups excluding carboxylic acids is 1. The second kappa shape index (κ2) is 6.50. The van der Waals surface area contributed by atoms with E-state index in [1.807, 2.05) is 13.8 Å². The highest BCUT2D eigenvalue weighted by Crippen LogP contribution is 2.36. The van der Waals surface area contributed by atoms with E-state index in [-0.39, 0.29) is 24.0 Å². The van der Waals surface area contributed by atoms with Crippen molar-refractivity contribution < 1.29 is 9.53 Å². The summed E-state index contributed by atoms with van der Waals surface area (Å²) in [6.45, 7) is 10.4. The Bertz CT molecular complexity index is 241. The number of Topliss-reactive ketones (excluding diaryl/α,β-unsaturated/α-hetero) is 1. The number of carbonyl (C=O) groups is 1. The van der Waals surface area contributed by atoms with Gasteiger partial charge in [-0.05, 0) is 39.8 Å². The van der Waals surface area contributed by atoms with Crippen LogP contribution < -0.4 is 0 Å². The SMILES string of the molecule is CCN(CC)C1(C(=O)COC(C)C)CCCC1. The molecule has 0 radical (unpaired) electrons. The molecule has 17 heavy (non-hydrogen) atoms. The molecule has 100 valence electrons. The number of rotatable bonds is 7. The number of ether oxygens (including phenoxy) is 1. The third-order valence-electron chi connectivity index (χ3n) is 3.87. The van der Waals surface area contributed by atoms with Gasteiger partial charge in [0, 0.05) is 0 Å². The van der Waals surface area contributed by atoms with Crippen molar-refractivity contribution >= 4 is 5.78 Å². The van der Waals surface area contributed by atoms with E-state index < -0.39 is 0 Å². The van der Waals surface area contributed by atoms with Gasteiger partial charge in [-0.3, -0.25) is 9.69 Å². The first kappa shape index (κ1) is 14.7. The Balaban J connectivity index is 2.73. The van der Waals surface area contributed by atoms with E-state index >= 15 is 0 Å². The number of ketones is 1. The molecule has 1 fully saturated rings. The van der Waals surface area contributed by atoms with E-state index in [9.17, 15) is 4.79 Å². The highest BCUT2D eigenvalue weighted by Gasteiger charge is 2.44. The Kier molecular flexibility index (Phi) is 5.60. The van der Waals surface area contributed by atoms with Gasteiger partial charge in [-0.1, -0.05) is 26.7 Å². The Labute approximate surface area is 106 Å². The van der Waals surface area contributed by atoms with Gasteiger partial charge in [-0.15, -0.1) is 0 Å². The lowest BCUT2D eigenvalue weighted by molar-refractivity contribution is -0.137. The summed E-state index contributed by atoms with van der Waals surface area (Å²) >= 11 is 0. The summed E-state index contributed by atoms with van der Waals surface area (Å²) in [6.07, 6.45) is 4.49. The summed E-state index contributed by atoms with van der Waals surface area (Å²) in [5, 5.41) is 0. The molecule has 0 spiro atoms. The smallest absolute Gasteiger partial charge is 0.178 e. The maximum Gasteiger partial charge on any atom is 0.178 e. The lowest BCUT2D eigenvalue weighted by Gasteiger charge is -2.39. The average molecular weight is 241 g/mol. The van der Waals surface area contributed by atoms with Crippen LogP contribution in [0, 0.1) is 0 Å². The molecule has 0 amide bonds.